The van der Waals surface area contributed by atoms with E-state index in [4.69, 9.17) is 21.1 Å². The molecule has 0 aromatic heterocycles. The van der Waals surface area contributed by atoms with Crippen LogP contribution in [0.5, 0.6) is 5.75 Å². The Morgan fingerprint density at radius 1 is 1.12 bits per heavy atom. The highest BCUT2D eigenvalue weighted by Crippen LogP contribution is 2.22. The second-order valence-electron chi connectivity index (χ2n) is 5.39. The minimum atomic E-state index is -0.937. The molecule has 5 nitrogen and oxygen atoms in total. The highest BCUT2D eigenvalue weighted by Gasteiger charge is 2.18. The summed E-state index contributed by atoms with van der Waals surface area (Å²) in [6.07, 6.45) is -0.0126. The monoisotopic (exact) mass is 361 g/mol. The molecule has 0 fully saturated rings. The van der Waals surface area contributed by atoms with E-state index in [-0.39, 0.29) is 6.61 Å². The third-order valence-electron chi connectivity index (χ3n) is 3.49. The summed E-state index contributed by atoms with van der Waals surface area (Å²) in [5.41, 5.74) is 1.83. The van der Waals surface area contributed by atoms with Crippen LogP contribution in [-0.4, -0.2) is 24.6 Å². The van der Waals surface area contributed by atoms with Crippen molar-refractivity contribution in [3.8, 4) is 5.75 Å². The number of halogens is 1. The lowest BCUT2D eigenvalue weighted by Gasteiger charge is -2.14. The third kappa shape index (κ3) is 5.80. The van der Waals surface area contributed by atoms with E-state index < -0.39 is 18.0 Å². The standard InChI is InChI=1S/C19H20ClNO4/c1-3-14-8-10-15(11-9-14)21-19(23)13(2)25-18(22)12-24-17-7-5-4-6-16(17)20/h4-11,13H,3,12H2,1-2H3,(H,21,23)/t13-/m1/s1. The van der Waals surface area contributed by atoms with Crippen molar-refractivity contribution in [2.24, 2.45) is 0 Å². The maximum Gasteiger partial charge on any atom is 0.344 e. The van der Waals surface area contributed by atoms with Crippen LogP contribution in [0.2, 0.25) is 5.02 Å². The summed E-state index contributed by atoms with van der Waals surface area (Å²) in [5, 5.41) is 3.10. The molecular weight excluding hydrogens is 342 g/mol. The molecule has 6 heteroatoms. The van der Waals surface area contributed by atoms with Gasteiger partial charge in [0.1, 0.15) is 5.75 Å². The Bertz CT molecular complexity index is 730. The Balaban J connectivity index is 1.81. The second-order valence-corrected chi connectivity index (χ2v) is 5.80. The fourth-order valence-electron chi connectivity index (χ4n) is 2.05. The molecule has 2 rings (SSSR count). The summed E-state index contributed by atoms with van der Waals surface area (Å²) < 4.78 is 10.4. The Labute approximate surface area is 151 Å². The van der Waals surface area contributed by atoms with Gasteiger partial charge in [0, 0.05) is 5.69 Å². The second kappa shape index (κ2) is 9.08. The molecule has 0 saturated carbocycles. The van der Waals surface area contributed by atoms with E-state index >= 15 is 0 Å². The van der Waals surface area contributed by atoms with Crippen LogP contribution in [0.3, 0.4) is 0 Å². The lowest BCUT2D eigenvalue weighted by Crippen LogP contribution is -2.31. The summed E-state index contributed by atoms with van der Waals surface area (Å²) in [5.74, 6) is -0.673. The molecular formula is C19H20ClNO4. The first-order valence-corrected chi connectivity index (χ1v) is 8.34. The van der Waals surface area contributed by atoms with Gasteiger partial charge in [0.2, 0.25) is 0 Å². The average Bonchev–Trinajstić information content (AvgIpc) is 2.61. The fraction of sp³-hybridized carbons (Fsp3) is 0.263. The zero-order valence-electron chi connectivity index (χ0n) is 14.1. The summed E-state index contributed by atoms with van der Waals surface area (Å²) >= 11 is 5.93. The van der Waals surface area contributed by atoms with Gasteiger partial charge in [-0.2, -0.15) is 0 Å². The number of hydrogen-bond donors (Lipinski definition) is 1. The van der Waals surface area contributed by atoms with Crippen molar-refractivity contribution in [3.63, 3.8) is 0 Å². The average molecular weight is 362 g/mol. The van der Waals surface area contributed by atoms with Crippen molar-refractivity contribution in [2.75, 3.05) is 11.9 Å². The number of ether oxygens (including phenoxy) is 2. The van der Waals surface area contributed by atoms with Crippen molar-refractivity contribution < 1.29 is 19.1 Å². The molecule has 0 aliphatic carbocycles. The SMILES string of the molecule is CCc1ccc(NC(=O)[C@@H](C)OC(=O)COc2ccccc2Cl)cc1. The minimum absolute atomic E-state index is 0.327. The number of rotatable bonds is 7. The van der Waals surface area contributed by atoms with Crippen molar-refractivity contribution in [1.82, 2.24) is 0 Å². The van der Waals surface area contributed by atoms with Crippen LogP contribution in [0.15, 0.2) is 48.5 Å². The molecule has 1 N–H and O–H groups in total. The van der Waals surface area contributed by atoms with Crippen LogP contribution in [-0.2, 0) is 20.7 Å². The lowest BCUT2D eigenvalue weighted by molar-refractivity contribution is -0.155. The number of nitrogens with one attached hydrogen (secondary N) is 1. The number of aryl methyl sites for hydroxylation is 1. The van der Waals surface area contributed by atoms with Gasteiger partial charge in [-0.15, -0.1) is 0 Å². The quantitative estimate of drug-likeness (QED) is 0.761. The van der Waals surface area contributed by atoms with Gasteiger partial charge in [0.15, 0.2) is 12.7 Å². The van der Waals surface area contributed by atoms with Crippen molar-refractivity contribution >= 4 is 29.2 Å². The van der Waals surface area contributed by atoms with E-state index in [0.29, 0.717) is 16.5 Å². The van der Waals surface area contributed by atoms with Crippen molar-refractivity contribution in [1.29, 1.82) is 0 Å². The zero-order valence-corrected chi connectivity index (χ0v) is 14.9. The number of hydrogen-bond acceptors (Lipinski definition) is 4. The van der Waals surface area contributed by atoms with Crippen LogP contribution < -0.4 is 10.1 Å². The molecule has 0 unspecified atom stereocenters. The van der Waals surface area contributed by atoms with Gasteiger partial charge >= 0.3 is 5.97 Å². The fourth-order valence-corrected chi connectivity index (χ4v) is 2.24. The summed E-state index contributed by atoms with van der Waals surface area (Å²) in [7, 11) is 0. The van der Waals surface area contributed by atoms with Gasteiger partial charge in [-0.25, -0.2) is 4.79 Å². The first-order chi connectivity index (χ1) is 12.0. The number of anilines is 1. The molecule has 25 heavy (non-hydrogen) atoms. The number of carbonyl (C=O) groups excluding carboxylic acids is 2. The Morgan fingerprint density at radius 2 is 1.80 bits per heavy atom. The third-order valence-corrected chi connectivity index (χ3v) is 3.80. The van der Waals surface area contributed by atoms with Crippen LogP contribution in [0, 0.1) is 0 Å². The largest absolute Gasteiger partial charge is 0.480 e. The number of amides is 1. The molecule has 0 saturated heterocycles. The smallest absolute Gasteiger partial charge is 0.344 e. The van der Waals surface area contributed by atoms with E-state index in [1.807, 2.05) is 24.3 Å². The first-order valence-electron chi connectivity index (χ1n) is 7.96. The molecule has 0 aliphatic rings. The topological polar surface area (TPSA) is 64.6 Å². The van der Waals surface area contributed by atoms with Gasteiger partial charge in [-0.1, -0.05) is 42.8 Å². The molecule has 132 valence electrons. The molecule has 2 aromatic carbocycles. The molecule has 1 amide bonds. The molecule has 0 radical (unpaired) electrons. The van der Waals surface area contributed by atoms with Crippen LogP contribution >= 0.6 is 11.6 Å². The molecule has 2 aromatic rings. The van der Waals surface area contributed by atoms with E-state index in [1.165, 1.54) is 12.5 Å². The number of carbonyl (C=O) groups is 2. The maximum absolute atomic E-state index is 12.1. The predicted octanol–water partition coefficient (Wildman–Crippen LogP) is 3.85. The normalized spacial score (nSPS) is 11.5. The maximum atomic E-state index is 12.1. The highest BCUT2D eigenvalue weighted by atomic mass is 35.5. The zero-order chi connectivity index (χ0) is 18.2. The lowest BCUT2D eigenvalue weighted by atomic mass is 10.1. The molecule has 0 spiro atoms. The van der Waals surface area contributed by atoms with Crippen LogP contribution in [0.4, 0.5) is 5.69 Å². The van der Waals surface area contributed by atoms with Gasteiger partial charge in [0.25, 0.3) is 5.91 Å². The summed E-state index contributed by atoms with van der Waals surface area (Å²) in [4.78, 5) is 23.9. The van der Waals surface area contributed by atoms with Gasteiger partial charge in [-0.3, -0.25) is 4.79 Å². The van der Waals surface area contributed by atoms with E-state index in [1.54, 1.807) is 24.3 Å². The molecule has 1 atom stereocenters. The van der Waals surface area contributed by atoms with Gasteiger partial charge < -0.3 is 14.8 Å². The van der Waals surface area contributed by atoms with Crippen LogP contribution in [0.1, 0.15) is 19.4 Å². The summed E-state index contributed by atoms with van der Waals surface area (Å²) in [6.45, 7) is 3.23. The molecule has 0 aliphatic heterocycles. The van der Waals surface area contributed by atoms with Crippen molar-refractivity contribution in [3.05, 3.63) is 59.1 Å². The molecule has 0 heterocycles. The summed E-state index contributed by atoms with van der Waals surface area (Å²) in [6, 6.07) is 14.3. The van der Waals surface area contributed by atoms with Gasteiger partial charge in [-0.05, 0) is 43.2 Å². The number of esters is 1. The highest BCUT2D eigenvalue weighted by molar-refractivity contribution is 6.32. The predicted molar refractivity (Wildman–Crippen MR) is 97.0 cm³/mol. The Morgan fingerprint density at radius 3 is 2.44 bits per heavy atom. The van der Waals surface area contributed by atoms with E-state index in [9.17, 15) is 9.59 Å². The molecule has 0 bridgehead atoms. The number of para-hydroxylation sites is 1. The minimum Gasteiger partial charge on any atom is -0.480 e. The van der Waals surface area contributed by atoms with E-state index in [2.05, 4.69) is 12.2 Å². The Hall–Kier alpha value is -2.53. The van der Waals surface area contributed by atoms with Crippen LogP contribution in [0.25, 0.3) is 0 Å². The number of benzene rings is 2. The van der Waals surface area contributed by atoms with Crippen molar-refractivity contribution in [2.45, 2.75) is 26.4 Å². The Kier molecular flexibility index (Phi) is 6.83. The van der Waals surface area contributed by atoms with Gasteiger partial charge in [0.05, 0.1) is 5.02 Å². The first kappa shape index (κ1) is 18.8. The van der Waals surface area contributed by atoms with E-state index in [0.717, 1.165) is 6.42 Å².